The van der Waals surface area contributed by atoms with Crippen LogP contribution in [0.1, 0.15) is 39.5 Å². The molecular formula is C16H34N2O3. The Morgan fingerprint density at radius 3 is 2.00 bits per heavy atom. The quantitative estimate of drug-likeness (QED) is 0.494. The standard InChI is InChI=1S/C16H34N2O3/c1-3-5-8-19-10-12-21-13-11-20-9-7-18-14-16(17,15-18)6-4-2/h3-15,17H2,1-2H3. The van der Waals surface area contributed by atoms with Crippen molar-refractivity contribution in [3.05, 3.63) is 0 Å². The van der Waals surface area contributed by atoms with Gasteiger partial charge in [0.25, 0.3) is 0 Å². The van der Waals surface area contributed by atoms with Gasteiger partial charge in [0, 0.05) is 31.8 Å². The lowest BCUT2D eigenvalue weighted by Gasteiger charge is -2.48. The van der Waals surface area contributed by atoms with Crippen molar-refractivity contribution in [2.24, 2.45) is 5.73 Å². The van der Waals surface area contributed by atoms with Crippen molar-refractivity contribution in [2.75, 3.05) is 59.3 Å². The fourth-order valence-electron chi connectivity index (χ4n) is 2.64. The second-order valence-corrected chi connectivity index (χ2v) is 6.01. The van der Waals surface area contributed by atoms with E-state index < -0.39 is 0 Å². The van der Waals surface area contributed by atoms with Crippen molar-refractivity contribution >= 4 is 0 Å². The van der Waals surface area contributed by atoms with E-state index in [1.807, 2.05) is 0 Å². The Bertz CT molecular complexity index is 246. The smallest absolute Gasteiger partial charge is 0.0701 e. The number of likely N-dealkylation sites (tertiary alicyclic amines) is 1. The summed E-state index contributed by atoms with van der Waals surface area (Å²) in [5, 5.41) is 0. The lowest BCUT2D eigenvalue weighted by atomic mass is 9.86. The van der Waals surface area contributed by atoms with Crippen LogP contribution in [0.5, 0.6) is 0 Å². The molecule has 1 fully saturated rings. The van der Waals surface area contributed by atoms with Gasteiger partial charge >= 0.3 is 0 Å². The molecule has 0 bridgehead atoms. The molecule has 0 aromatic rings. The van der Waals surface area contributed by atoms with Gasteiger partial charge in [0.15, 0.2) is 0 Å². The van der Waals surface area contributed by atoms with Crippen LogP contribution >= 0.6 is 0 Å². The van der Waals surface area contributed by atoms with Crippen LogP contribution in [-0.4, -0.2) is 69.7 Å². The molecule has 5 heteroatoms. The van der Waals surface area contributed by atoms with Crippen LogP contribution in [-0.2, 0) is 14.2 Å². The zero-order valence-electron chi connectivity index (χ0n) is 13.9. The number of ether oxygens (including phenoxy) is 3. The van der Waals surface area contributed by atoms with Crippen molar-refractivity contribution in [1.29, 1.82) is 0 Å². The zero-order valence-corrected chi connectivity index (χ0v) is 13.9. The number of nitrogens with zero attached hydrogens (tertiary/aromatic N) is 1. The Morgan fingerprint density at radius 1 is 0.857 bits per heavy atom. The normalized spacial score (nSPS) is 17.9. The van der Waals surface area contributed by atoms with E-state index in [0.29, 0.717) is 26.4 Å². The molecule has 1 aliphatic rings. The van der Waals surface area contributed by atoms with E-state index in [9.17, 15) is 0 Å². The van der Waals surface area contributed by atoms with Crippen molar-refractivity contribution < 1.29 is 14.2 Å². The topological polar surface area (TPSA) is 57.0 Å². The predicted molar refractivity (Wildman–Crippen MR) is 85.6 cm³/mol. The van der Waals surface area contributed by atoms with Crippen LogP contribution in [0.2, 0.25) is 0 Å². The van der Waals surface area contributed by atoms with Gasteiger partial charge in [-0.2, -0.15) is 0 Å². The molecule has 0 atom stereocenters. The summed E-state index contributed by atoms with van der Waals surface area (Å²) < 4.78 is 16.4. The molecule has 5 nitrogen and oxygen atoms in total. The highest BCUT2D eigenvalue weighted by molar-refractivity contribution is 4.99. The van der Waals surface area contributed by atoms with E-state index >= 15 is 0 Å². The van der Waals surface area contributed by atoms with Gasteiger partial charge in [-0.3, -0.25) is 4.90 Å². The molecule has 0 radical (unpaired) electrons. The van der Waals surface area contributed by atoms with Crippen LogP contribution in [0.4, 0.5) is 0 Å². The molecular weight excluding hydrogens is 268 g/mol. The highest BCUT2D eigenvalue weighted by Gasteiger charge is 2.37. The van der Waals surface area contributed by atoms with Crippen LogP contribution in [0.15, 0.2) is 0 Å². The summed E-state index contributed by atoms with van der Waals surface area (Å²) in [4.78, 5) is 2.36. The van der Waals surface area contributed by atoms with E-state index in [4.69, 9.17) is 19.9 Å². The molecule has 1 rings (SSSR count). The molecule has 21 heavy (non-hydrogen) atoms. The average Bonchev–Trinajstić information content (AvgIpc) is 2.43. The molecule has 0 aromatic heterocycles. The molecule has 1 heterocycles. The number of rotatable bonds is 14. The lowest BCUT2D eigenvalue weighted by molar-refractivity contribution is -0.00386. The van der Waals surface area contributed by atoms with Gasteiger partial charge in [-0.05, 0) is 12.8 Å². The minimum atomic E-state index is 0.0651. The Kier molecular flexibility index (Phi) is 10.2. The summed E-state index contributed by atoms with van der Waals surface area (Å²) in [6.07, 6.45) is 4.59. The molecule has 1 saturated heterocycles. The summed E-state index contributed by atoms with van der Waals surface area (Å²) >= 11 is 0. The zero-order chi connectivity index (χ0) is 15.4. The Morgan fingerprint density at radius 2 is 1.43 bits per heavy atom. The SMILES string of the molecule is CCCCOCCOCCOCCN1CC(N)(CCC)C1. The number of hydrogen-bond donors (Lipinski definition) is 1. The van der Waals surface area contributed by atoms with Crippen LogP contribution < -0.4 is 5.73 Å². The molecule has 2 N–H and O–H groups in total. The molecule has 1 aliphatic heterocycles. The van der Waals surface area contributed by atoms with E-state index in [0.717, 1.165) is 45.7 Å². The first kappa shape index (κ1) is 18.8. The second kappa shape index (κ2) is 11.4. The summed E-state index contributed by atoms with van der Waals surface area (Å²) in [5.41, 5.74) is 6.28. The predicted octanol–water partition coefficient (Wildman–Crippen LogP) is 1.65. The van der Waals surface area contributed by atoms with Gasteiger partial charge in [-0.1, -0.05) is 26.7 Å². The van der Waals surface area contributed by atoms with Crippen LogP contribution in [0.25, 0.3) is 0 Å². The third-order valence-corrected chi connectivity index (χ3v) is 3.76. The molecule has 0 aromatic carbocycles. The van der Waals surface area contributed by atoms with E-state index in [1.165, 1.54) is 12.8 Å². The summed E-state index contributed by atoms with van der Waals surface area (Å²) in [5.74, 6) is 0. The molecule has 0 aliphatic carbocycles. The maximum Gasteiger partial charge on any atom is 0.0701 e. The first-order valence-electron chi connectivity index (χ1n) is 8.44. The first-order valence-corrected chi connectivity index (χ1v) is 8.44. The van der Waals surface area contributed by atoms with Crippen molar-refractivity contribution in [2.45, 2.75) is 45.1 Å². The minimum Gasteiger partial charge on any atom is -0.379 e. The van der Waals surface area contributed by atoms with Gasteiger partial charge in [-0.15, -0.1) is 0 Å². The van der Waals surface area contributed by atoms with Crippen molar-refractivity contribution in [3.8, 4) is 0 Å². The fourth-order valence-corrected chi connectivity index (χ4v) is 2.64. The minimum absolute atomic E-state index is 0.0651. The Labute approximate surface area is 130 Å². The average molecular weight is 302 g/mol. The number of unbranched alkanes of at least 4 members (excludes halogenated alkanes) is 1. The highest BCUT2D eigenvalue weighted by atomic mass is 16.5. The van der Waals surface area contributed by atoms with E-state index in [-0.39, 0.29) is 5.54 Å². The van der Waals surface area contributed by atoms with Gasteiger partial charge < -0.3 is 19.9 Å². The molecule has 0 amide bonds. The lowest BCUT2D eigenvalue weighted by Crippen LogP contribution is -2.67. The molecule has 0 saturated carbocycles. The Balaban J connectivity index is 1.76. The summed E-state index contributed by atoms with van der Waals surface area (Å²) in [7, 11) is 0. The van der Waals surface area contributed by atoms with E-state index in [1.54, 1.807) is 0 Å². The summed E-state index contributed by atoms with van der Waals surface area (Å²) in [6.45, 7) is 11.6. The fraction of sp³-hybridized carbons (Fsp3) is 1.00. The number of nitrogens with two attached hydrogens (primary N) is 1. The highest BCUT2D eigenvalue weighted by Crippen LogP contribution is 2.22. The maximum absolute atomic E-state index is 6.22. The molecule has 0 unspecified atom stereocenters. The monoisotopic (exact) mass is 302 g/mol. The molecule has 126 valence electrons. The van der Waals surface area contributed by atoms with Gasteiger partial charge in [-0.25, -0.2) is 0 Å². The number of hydrogen-bond acceptors (Lipinski definition) is 5. The third-order valence-electron chi connectivity index (χ3n) is 3.76. The van der Waals surface area contributed by atoms with Crippen LogP contribution in [0, 0.1) is 0 Å². The third kappa shape index (κ3) is 8.73. The largest absolute Gasteiger partial charge is 0.379 e. The maximum atomic E-state index is 6.22. The first-order chi connectivity index (χ1) is 10.2. The summed E-state index contributed by atoms with van der Waals surface area (Å²) in [6, 6.07) is 0. The van der Waals surface area contributed by atoms with E-state index in [2.05, 4.69) is 18.7 Å². The van der Waals surface area contributed by atoms with Gasteiger partial charge in [0.2, 0.25) is 0 Å². The van der Waals surface area contributed by atoms with Crippen LogP contribution in [0.3, 0.4) is 0 Å². The van der Waals surface area contributed by atoms with Crippen molar-refractivity contribution in [1.82, 2.24) is 4.90 Å². The van der Waals surface area contributed by atoms with Gasteiger partial charge in [0.1, 0.15) is 0 Å². The Hall–Kier alpha value is -0.200. The van der Waals surface area contributed by atoms with Crippen molar-refractivity contribution in [3.63, 3.8) is 0 Å². The molecule has 0 spiro atoms. The second-order valence-electron chi connectivity index (χ2n) is 6.01. The van der Waals surface area contributed by atoms with Gasteiger partial charge in [0.05, 0.1) is 33.0 Å².